The third-order valence-electron chi connectivity index (χ3n) is 4.57. The lowest BCUT2D eigenvalue weighted by molar-refractivity contribution is 0.415. The van der Waals surface area contributed by atoms with Crippen LogP contribution >= 0.6 is 0 Å². The van der Waals surface area contributed by atoms with Crippen molar-refractivity contribution in [1.82, 2.24) is 0 Å². The summed E-state index contributed by atoms with van der Waals surface area (Å²) >= 11 is 0. The average Bonchev–Trinajstić information content (AvgIpc) is 2.72. The highest BCUT2D eigenvalue weighted by atomic mass is 16.5. The highest BCUT2D eigenvalue weighted by Gasteiger charge is 2.13. The van der Waals surface area contributed by atoms with E-state index >= 15 is 0 Å². The van der Waals surface area contributed by atoms with E-state index in [1.165, 1.54) is 12.8 Å². The van der Waals surface area contributed by atoms with Gasteiger partial charge in [-0.3, -0.25) is 4.99 Å². The summed E-state index contributed by atoms with van der Waals surface area (Å²) in [5.41, 5.74) is 2.14. The molecule has 0 spiro atoms. The predicted octanol–water partition coefficient (Wildman–Crippen LogP) is 5.54. The molecule has 3 aromatic rings. The van der Waals surface area contributed by atoms with Crippen molar-refractivity contribution in [2.45, 2.75) is 32.6 Å². The van der Waals surface area contributed by atoms with Crippen molar-refractivity contribution in [2.24, 2.45) is 4.99 Å². The Bertz CT molecular complexity index is 991. The number of para-hydroxylation sites is 1. The Morgan fingerprint density at radius 1 is 1.07 bits per heavy atom. The molecule has 146 valence electrons. The molecule has 0 unspecified atom stereocenters. The SMILES string of the molecule is CCCCCC/N=C/c1c(Nc2ccc(OC)cc2)c2ccccc2oc1=O. The molecule has 0 amide bonds. The summed E-state index contributed by atoms with van der Waals surface area (Å²) in [7, 11) is 1.63. The first kappa shape index (κ1) is 19.7. The van der Waals surface area contributed by atoms with Crippen molar-refractivity contribution in [1.29, 1.82) is 0 Å². The molecule has 0 fully saturated rings. The van der Waals surface area contributed by atoms with Crippen molar-refractivity contribution in [3.05, 3.63) is 64.5 Å². The quantitative estimate of drug-likeness (QED) is 0.301. The van der Waals surface area contributed by atoms with Crippen molar-refractivity contribution in [3.63, 3.8) is 0 Å². The van der Waals surface area contributed by atoms with E-state index < -0.39 is 5.63 Å². The van der Waals surface area contributed by atoms with Crippen LogP contribution in [0, 0.1) is 0 Å². The lowest BCUT2D eigenvalue weighted by atomic mass is 10.1. The molecule has 5 heteroatoms. The van der Waals surface area contributed by atoms with Crippen molar-refractivity contribution >= 4 is 28.6 Å². The van der Waals surface area contributed by atoms with Gasteiger partial charge in [0.1, 0.15) is 16.9 Å². The van der Waals surface area contributed by atoms with Crippen LogP contribution in [-0.4, -0.2) is 19.9 Å². The molecular weight excluding hydrogens is 352 g/mol. The molecule has 0 saturated carbocycles. The molecule has 1 heterocycles. The van der Waals surface area contributed by atoms with Gasteiger partial charge in [-0.15, -0.1) is 0 Å². The van der Waals surface area contributed by atoms with Crippen molar-refractivity contribution < 1.29 is 9.15 Å². The van der Waals surface area contributed by atoms with E-state index in [9.17, 15) is 4.79 Å². The Kier molecular flexibility index (Phi) is 6.84. The number of hydrogen-bond acceptors (Lipinski definition) is 5. The molecule has 28 heavy (non-hydrogen) atoms. The minimum atomic E-state index is -0.396. The third kappa shape index (κ3) is 4.80. The van der Waals surface area contributed by atoms with Gasteiger partial charge in [0.2, 0.25) is 0 Å². The highest BCUT2D eigenvalue weighted by molar-refractivity contribution is 6.01. The van der Waals surface area contributed by atoms with Crippen LogP contribution in [0.25, 0.3) is 11.0 Å². The van der Waals surface area contributed by atoms with Gasteiger partial charge in [0, 0.05) is 23.8 Å². The molecule has 0 aliphatic rings. The smallest absolute Gasteiger partial charge is 0.347 e. The van der Waals surface area contributed by atoms with Gasteiger partial charge in [-0.05, 0) is 42.8 Å². The van der Waals surface area contributed by atoms with Crippen LogP contribution in [0.5, 0.6) is 5.75 Å². The van der Waals surface area contributed by atoms with Crippen molar-refractivity contribution in [2.75, 3.05) is 19.0 Å². The van der Waals surface area contributed by atoms with E-state index in [-0.39, 0.29) is 0 Å². The lowest BCUT2D eigenvalue weighted by Gasteiger charge is -2.12. The first-order valence-electron chi connectivity index (χ1n) is 9.69. The topological polar surface area (TPSA) is 63.8 Å². The maximum Gasteiger partial charge on any atom is 0.347 e. The van der Waals surface area contributed by atoms with Gasteiger partial charge >= 0.3 is 5.63 Å². The number of nitrogens with zero attached hydrogens (tertiary/aromatic N) is 1. The fraction of sp³-hybridized carbons (Fsp3) is 0.304. The molecule has 2 aromatic carbocycles. The predicted molar refractivity (Wildman–Crippen MR) is 115 cm³/mol. The van der Waals surface area contributed by atoms with Gasteiger partial charge in [-0.25, -0.2) is 4.79 Å². The zero-order chi connectivity index (χ0) is 19.8. The van der Waals surface area contributed by atoms with Crippen LogP contribution < -0.4 is 15.7 Å². The number of anilines is 2. The maximum absolute atomic E-state index is 12.6. The van der Waals surface area contributed by atoms with Gasteiger partial charge in [-0.2, -0.15) is 0 Å². The molecule has 5 nitrogen and oxygen atoms in total. The zero-order valence-corrected chi connectivity index (χ0v) is 16.4. The maximum atomic E-state index is 12.6. The van der Waals surface area contributed by atoms with Crippen LogP contribution in [0.2, 0.25) is 0 Å². The van der Waals surface area contributed by atoms with Crippen LogP contribution in [0.1, 0.15) is 38.2 Å². The molecular formula is C23H26N2O3. The van der Waals surface area contributed by atoms with Gasteiger partial charge in [0.15, 0.2) is 0 Å². The summed E-state index contributed by atoms with van der Waals surface area (Å²) < 4.78 is 10.7. The Morgan fingerprint density at radius 2 is 1.86 bits per heavy atom. The van der Waals surface area contributed by atoms with Gasteiger partial charge in [0.05, 0.1) is 12.8 Å². The molecule has 3 rings (SSSR count). The zero-order valence-electron chi connectivity index (χ0n) is 16.4. The normalized spacial score (nSPS) is 11.2. The second-order valence-corrected chi connectivity index (χ2v) is 6.62. The molecule has 0 aliphatic heterocycles. The van der Waals surface area contributed by atoms with Crippen LogP contribution in [-0.2, 0) is 0 Å². The molecule has 0 atom stereocenters. The molecule has 0 bridgehead atoms. The standard InChI is InChI=1S/C23H26N2O3/c1-3-4-5-8-15-24-16-20-22(25-17-11-13-18(27-2)14-12-17)19-9-6-7-10-21(19)28-23(20)26/h6-7,9-14,16,25H,3-5,8,15H2,1-2H3/b24-16+. The van der Waals surface area contributed by atoms with E-state index in [0.29, 0.717) is 23.4 Å². The Morgan fingerprint density at radius 3 is 2.61 bits per heavy atom. The van der Waals surface area contributed by atoms with E-state index in [2.05, 4.69) is 17.2 Å². The van der Waals surface area contributed by atoms with E-state index in [4.69, 9.17) is 9.15 Å². The Labute approximate surface area is 165 Å². The minimum absolute atomic E-state index is 0.396. The van der Waals surface area contributed by atoms with E-state index in [1.54, 1.807) is 19.4 Å². The number of aliphatic imine (C=N–C) groups is 1. The Hall–Kier alpha value is -3.08. The molecule has 1 N–H and O–H groups in total. The van der Waals surface area contributed by atoms with Crippen LogP contribution in [0.3, 0.4) is 0 Å². The first-order valence-corrected chi connectivity index (χ1v) is 9.69. The summed E-state index contributed by atoms with van der Waals surface area (Å²) in [6, 6.07) is 15.1. The largest absolute Gasteiger partial charge is 0.497 e. The second kappa shape index (κ2) is 9.74. The summed E-state index contributed by atoms with van der Waals surface area (Å²) in [4.78, 5) is 17.1. The van der Waals surface area contributed by atoms with Crippen LogP contribution in [0.15, 0.2) is 62.7 Å². The number of nitrogens with one attached hydrogen (secondary N) is 1. The number of rotatable bonds is 9. The van der Waals surface area contributed by atoms with Gasteiger partial charge in [0.25, 0.3) is 0 Å². The number of ether oxygens (including phenoxy) is 1. The summed E-state index contributed by atoms with van der Waals surface area (Å²) in [6.07, 6.45) is 6.20. The average molecular weight is 378 g/mol. The summed E-state index contributed by atoms with van der Waals surface area (Å²) in [5, 5.41) is 4.20. The summed E-state index contributed by atoms with van der Waals surface area (Å²) in [6.45, 7) is 2.88. The lowest BCUT2D eigenvalue weighted by Crippen LogP contribution is -2.11. The monoisotopic (exact) mass is 378 g/mol. The Balaban J connectivity index is 1.94. The number of fused-ring (bicyclic) bond motifs is 1. The van der Waals surface area contributed by atoms with Crippen molar-refractivity contribution in [3.8, 4) is 5.75 Å². The summed E-state index contributed by atoms with van der Waals surface area (Å²) in [5.74, 6) is 0.775. The highest BCUT2D eigenvalue weighted by Crippen LogP contribution is 2.28. The third-order valence-corrected chi connectivity index (χ3v) is 4.57. The second-order valence-electron chi connectivity index (χ2n) is 6.62. The molecule has 0 aliphatic carbocycles. The minimum Gasteiger partial charge on any atom is -0.497 e. The molecule has 1 aromatic heterocycles. The number of methoxy groups -OCH3 is 1. The van der Waals surface area contributed by atoms with E-state index in [1.807, 2.05) is 42.5 Å². The number of unbranched alkanes of at least 4 members (excludes halogenated alkanes) is 3. The molecule has 0 saturated heterocycles. The number of hydrogen-bond donors (Lipinski definition) is 1. The fourth-order valence-electron chi connectivity index (χ4n) is 3.02. The fourth-order valence-corrected chi connectivity index (χ4v) is 3.02. The number of benzene rings is 2. The van der Waals surface area contributed by atoms with Gasteiger partial charge < -0.3 is 14.5 Å². The van der Waals surface area contributed by atoms with E-state index in [0.717, 1.165) is 29.7 Å². The van der Waals surface area contributed by atoms with Crippen LogP contribution in [0.4, 0.5) is 11.4 Å². The first-order chi connectivity index (χ1) is 13.7. The van der Waals surface area contributed by atoms with Gasteiger partial charge in [-0.1, -0.05) is 38.3 Å². The molecule has 0 radical (unpaired) electrons.